The fraction of sp³-hybridized carbons (Fsp3) is 0.389. The first-order chi connectivity index (χ1) is 12.6. The highest BCUT2D eigenvalue weighted by molar-refractivity contribution is 8.00. The Morgan fingerprint density at radius 2 is 2.04 bits per heavy atom. The second-order valence-corrected chi connectivity index (χ2v) is 7.26. The molecule has 0 saturated heterocycles. The van der Waals surface area contributed by atoms with Gasteiger partial charge in [-0.3, -0.25) is 14.2 Å². The van der Waals surface area contributed by atoms with Gasteiger partial charge in [0.2, 0.25) is 5.91 Å². The Labute approximate surface area is 159 Å². The van der Waals surface area contributed by atoms with E-state index in [1.165, 1.54) is 22.8 Å². The van der Waals surface area contributed by atoms with Gasteiger partial charge in [0.15, 0.2) is 5.16 Å². The first-order valence-corrected chi connectivity index (χ1v) is 9.17. The number of hydrogen-bond donors (Lipinski definition) is 1. The first-order valence-electron chi connectivity index (χ1n) is 8.29. The summed E-state index contributed by atoms with van der Waals surface area (Å²) in [4.78, 5) is 28.5. The van der Waals surface area contributed by atoms with E-state index in [9.17, 15) is 22.8 Å². The minimum atomic E-state index is -4.43. The molecule has 2 rings (SSSR count). The molecule has 27 heavy (non-hydrogen) atoms. The monoisotopic (exact) mass is 399 g/mol. The van der Waals surface area contributed by atoms with Gasteiger partial charge in [-0.1, -0.05) is 30.8 Å². The van der Waals surface area contributed by atoms with E-state index in [1.807, 2.05) is 6.92 Å². The van der Waals surface area contributed by atoms with Crippen molar-refractivity contribution in [1.82, 2.24) is 14.9 Å². The van der Waals surface area contributed by atoms with Crippen LogP contribution in [-0.4, -0.2) is 20.7 Å². The summed E-state index contributed by atoms with van der Waals surface area (Å²) in [6.45, 7) is 3.51. The van der Waals surface area contributed by atoms with Crippen LogP contribution in [0.4, 0.5) is 13.2 Å². The topological polar surface area (TPSA) is 64.0 Å². The SMILES string of the molecule is CCc1cc(=O)n(C)c(SC(C)C(=O)NCc2cccc(C(F)(F)F)c2)n1. The number of benzene rings is 1. The second-order valence-electron chi connectivity index (χ2n) is 5.96. The van der Waals surface area contributed by atoms with Crippen LogP contribution >= 0.6 is 11.8 Å². The number of rotatable bonds is 6. The van der Waals surface area contributed by atoms with Crippen molar-refractivity contribution in [3.8, 4) is 0 Å². The minimum absolute atomic E-state index is 0.0188. The standard InChI is InChI=1S/C18H20F3N3O2S/c1-4-14-9-15(25)24(3)17(23-14)27-11(2)16(26)22-10-12-6-5-7-13(8-12)18(19,20)21/h5-9,11H,4,10H2,1-3H3,(H,22,26). The summed E-state index contributed by atoms with van der Waals surface area (Å²) in [5.74, 6) is -0.353. The van der Waals surface area contributed by atoms with E-state index in [0.29, 0.717) is 22.8 Å². The zero-order chi connectivity index (χ0) is 20.2. The van der Waals surface area contributed by atoms with Crippen molar-refractivity contribution in [2.75, 3.05) is 0 Å². The molecule has 1 N–H and O–H groups in total. The number of hydrogen-bond acceptors (Lipinski definition) is 4. The van der Waals surface area contributed by atoms with Crippen LogP contribution in [0.5, 0.6) is 0 Å². The van der Waals surface area contributed by atoms with E-state index >= 15 is 0 Å². The highest BCUT2D eigenvalue weighted by Gasteiger charge is 2.30. The average Bonchev–Trinajstić information content (AvgIpc) is 2.62. The lowest BCUT2D eigenvalue weighted by Gasteiger charge is -2.14. The Kier molecular flexibility index (Phi) is 6.69. The van der Waals surface area contributed by atoms with E-state index in [2.05, 4.69) is 10.3 Å². The van der Waals surface area contributed by atoms with Crippen LogP contribution in [-0.2, 0) is 31.0 Å². The molecule has 146 valence electrons. The van der Waals surface area contributed by atoms with Crippen molar-refractivity contribution in [3.05, 3.63) is 57.5 Å². The zero-order valence-electron chi connectivity index (χ0n) is 15.1. The number of carbonyl (C=O) groups excluding carboxylic acids is 1. The molecule has 0 aliphatic rings. The number of aryl methyl sites for hydroxylation is 1. The summed E-state index contributed by atoms with van der Waals surface area (Å²) in [7, 11) is 1.57. The third-order valence-corrected chi connectivity index (χ3v) is 5.03. The summed E-state index contributed by atoms with van der Waals surface area (Å²) in [6.07, 6.45) is -3.83. The molecule has 0 aliphatic heterocycles. The van der Waals surface area contributed by atoms with E-state index in [4.69, 9.17) is 0 Å². The number of alkyl halides is 3. The van der Waals surface area contributed by atoms with Gasteiger partial charge >= 0.3 is 6.18 Å². The van der Waals surface area contributed by atoms with Crippen molar-refractivity contribution in [3.63, 3.8) is 0 Å². The number of thioether (sulfide) groups is 1. The average molecular weight is 399 g/mol. The van der Waals surface area contributed by atoms with Gasteiger partial charge < -0.3 is 5.32 Å². The van der Waals surface area contributed by atoms with Gasteiger partial charge in [0, 0.05) is 25.4 Å². The molecule has 2 aromatic rings. The number of nitrogens with zero attached hydrogens (tertiary/aromatic N) is 2. The zero-order valence-corrected chi connectivity index (χ0v) is 15.9. The van der Waals surface area contributed by atoms with Crippen LogP contribution in [0.25, 0.3) is 0 Å². The number of carbonyl (C=O) groups is 1. The summed E-state index contributed by atoms with van der Waals surface area (Å²) < 4.78 is 39.6. The van der Waals surface area contributed by atoms with Crippen LogP contribution in [0.3, 0.4) is 0 Å². The molecular weight excluding hydrogens is 379 g/mol. The summed E-state index contributed by atoms with van der Waals surface area (Å²) in [6, 6.07) is 6.26. The van der Waals surface area contributed by atoms with Gasteiger partial charge in [0.25, 0.3) is 5.56 Å². The lowest BCUT2D eigenvalue weighted by atomic mass is 10.1. The summed E-state index contributed by atoms with van der Waals surface area (Å²) in [5, 5.41) is 2.47. The Morgan fingerprint density at radius 1 is 1.33 bits per heavy atom. The van der Waals surface area contributed by atoms with Crippen molar-refractivity contribution in [2.24, 2.45) is 7.05 Å². The molecule has 1 unspecified atom stereocenters. The normalized spacial score (nSPS) is 12.7. The van der Waals surface area contributed by atoms with Crippen LogP contribution in [0.2, 0.25) is 0 Å². The van der Waals surface area contributed by atoms with Gasteiger partial charge in [-0.25, -0.2) is 4.98 Å². The molecule has 0 aliphatic carbocycles. The summed E-state index contributed by atoms with van der Waals surface area (Å²) in [5.41, 5.74) is 0.0271. The second kappa shape index (κ2) is 8.60. The smallest absolute Gasteiger partial charge is 0.351 e. The predicted octanol–water partition coefficient (Wildman–Crippen LogP) is 3.16. The Hall–Kier alpha value is -2.29. The molecule has 0 spiro atoms. The molecule has 5 nitrogen and oxygen atoms in total. The van der Waals surface area contributed by atoms with Gasteiger partial charge in [-0.05, 0) is 31.0 Å². The Balaban J connectivity index is 2.03. The third kappa shape index (κ3) is 5.59. The maximum absolute atomic E-state index is 12.7. The molecule has 1 amide bonds. The highest BCUT2D eigenvalue weighted by atomic mass is 32.2. The Morgan fingerprint density at radius 3 is 2.67 bits per heavy atom. The van der Waals surface area contributed by atoms with E-state index < -0.39 is 17.0 Å². The fourth-order valence-electron chi connectivity index (χ4n) is 2.25. The number of aromatic nitrogens is 2. The molecule has 0 bridgehead atoms. The van der Waals surface area contributed by atoms with Crippen molar-refractivity contribution in [2.45, 2.75) is 43.4 Å². The predicted molar refractivity (Wildman–Crippen MR) is 97.5 cm³/mol. The van der Waals surface area contributed by atoms with E-state index in [1.54, 1.807) is 14.0 Å². The molecule has 9 heteroatoms. The van der Waals surface area contributed by atoms with Crippen molar-refractivity contribution < 1.29 is 18.0 Å². The molecule has 0 saturated carbocycles. The van der Waals surface area contributed by atoms with Gasteiger partial charge in [0.05, 0.1) is 10.8 Å². The fourth-order valence-corrected chi connectivity index (χ4v) is 3.18. The van der Waals surface area contributed by atoms with E-state index in [-0.39, 0.29) is 18.0 Å². The quantitative estimate of drug-likeness (QED) is 0.599. The molecule has 1 aromatic heterocycles. The lowest BCUT2D eigenvalue weighted by Crippen LogP contribution is -2.31. The van der Waals surface area contributed by atoms with Crippen LogP contribution < -0.4 is 10.9 Å². The molecule has 1 heterocycles. The molecule has 0 fully saturated rings. The van der Waals surface area contributed by atoms with Crippen molar-refractivity contribution in [1.29, 1.82) is 0 Å². The summed E-state index contributed by atoms with van der Waals surface area (Å²) >= 11 is 1.12. The van der Waals surface area contributed by atoms with Gasteiger partial charge in [-0.15, -0.1) is 0 Å². The minimum Gasteiger partial charge on any atom is -0.351 e. The van der Waals surface area contributed by atoms with Crippen molar-refractivity contribution >= 4 is 17.7 Å². The maximum atomic E-state index is 12.7. The maximum Gasteiger partial charge on any atom is 0.416 e. The lowest BCUT2D eigenvalue weighted by molar-refractivity contribution is -0.137. The molecule has 0 radical (unpaired) electrons. The molecule has 1 atom stereocenters. The molecular formula is C18H20F3N3O2S. The van der Waals surface area contributed by atoms with Crippen LogP contribution in [0.15, 0.2) is 40.3 Å². The van der Waals surface area contributed by atoms with Gasteiger partial charge in [-0.2, -0.15) is 13.2 Å². The van der Waals surface area contributed by atoms with Crippen LogP contribution in [0.1, 0.15) is 30.7 Å². The number of halogens is 3. The highest BCUT2D eigenvalue weighted by Crippen LogP contribution is 2.29. The first kappa shape index (κ1) is 21.0. The molecule has 1 aromatic carbocycles. The Bertz CT molecular complexity index is 881. The van der Waals surface area contributed by atoms with Gasteiger partial charge in [0.1, 0.15) is 0 Å². The third-order valence-electron chi connectivity index (χ3n) is 3.88. The van der Waals surface area contributed by atoms with Crippen LogP contribution in [0, 0.1) is 0 Å². The number of amides is 1. The van der Waals surface area contributed by atoms with E-state index in [0.717, 1.165) is 23.9 Å². The number of nitrogens with one attached hydrogen (secondary N) is 1. The largest absolute Gasteiger partial charge is 0.416 e.